The Hall–Kier alpha value is -3.09. The molecule has 0 radical (unpaired) electrons. The molecule has 0 aliphatic heterocycles. The predicted octanol–water partition coefficient (Wildman–Crippen LogP) is 3.05. The molecule has 7 nitrogen and oxygen atoms in total. The highest BCUT2D eigenvalue weighted by Gasteiger charge is 2.13. The van der Waals surface area contributed by atoms with Gasteiger partial charge in [0.1, 0.15) is 11.4 Å². The average Bonchev–Trinajstić information content (AvgIpc) is 2.51. The topological polar surface area (TPSA) is 104 Å². The van der Waals surface area contributed by atoms with Crippen LogP contribution in [0, 0.1) is 17.0 Å². The molecule has 7 heteroatoms. The number of nitro groups is 1. The van der Waals surface area contributed by atoms with Crippen molar-refractivity contribution in [1.82, 2.24) is 0 Å². The lowest BCUT2D eigenvalue weighted by Gasteiger charge is -2.11. The number of carbonyl (C=O) groups is 1. The summed E-state index contributed by atoms with van der Waals surface area (Å²) in [6.45, 7) is 2.02. The van der Waals surface area contributed by atoms with E-state index in [2.05, 4.69) is 10.6 Å². The molecule has 0 spiro atoms. The van der Waals surface area contributed by atoms with E-state index in [0.29, 0.717) is 11.4 Å². The number of rotatable bonds is 6. The number of carbonyl (C=O) groups excluding carboxylic acids is 1. The largest absolute Gasteiger partial charge is 0.506 e. The van der Waals surface area contributed by atoms with Gasteiger partial charge in [0.15, 0.2) is 0 Å². The van der Waals surface area contributed by atoms with E-state index in [1.165, 1.54) is 12.1 Å². The van der Waals surface area contributed by atoms with Gasteiger partial charge in [-0.2, -0.15) is 0 Å². The molecular formula is C16H17N3O4. The van der Waals surface area contributed by atoms with Crippen LogP contribution in [0.15, 0.2) is 42.5 Å². The fourth-order valence-electron chi connectivity index (χ4n) is 2.11. The van der Waals surface area contributed by atoms with Crippen molar-refractivity contribution in [3.8, 4) is 5.75 Å². The lowest BCUT2D eigenvalue weighted by atomic mass is 10.2. The fourth-order valence-corrected chi connectivity index (χ4v) is 2.11. The van der Waals surface area contributed by atoms with Crippen LogP contribution in [-0.4, -0.2) is 22.5 Å². The summed E-state index contributed by atoms with van der Waals surface area (Å²) in [5, 5.41) is 26.1. The lowest BCUT2D eigenvalue weighted by molar-refractivity contribution is -0.384. The van der Waals surface area contributed by atoms with Crippen molar-refractivity contribution < 1.29 is 14.8 Å². The number of nitrogens with zero attached hydrogens (tertiary/aromatic N) is 1. The Balaban J connectivity index is 1.92. The Bertz CT molecular complexity index is 711. The number of nitro benzene ring substituents is 1. The highest BCUT2D eigenvalue weighted by molar-refractivity contribution is 5.93. The molecule has 0 fully saturated rings. The van der Waals surface area contributed by atoms with Crippen LogP contribution in [0.25, 0.3) is 0 Å². The van der Waals surface area contributed by atoms with Gasteiger partial charge >= 0.3 is 0 Å². The quantitative estimate of drug-likeness (QED) is 0.432. The maximum atomic E-state index is 11.9. The number of nitrogens with one attached hydrogen (secondary N) is 2. The molecular weight excluding hydrogens is 298 g/mol. The highest BCUT2D eigenvalue weighted by atomic mass is 16.6. The van der Waals surface area contributed by atoms with Gasteiger partial charge in [-0.3, -0.25) is 14.9 Å². The summed E-state index contributed by atoms with van der Waals surface area (Å²) in [6.07, 6.45) is 0.111. The van der Waals surface area contributed by atoms with E-state index in [0.717, 1.165) is 5.56 Å². The second-order valence-corrected chi connectivity index (χ2v) is 4.97. The molecule has 0 unspecified atom stereocenters. The Morgan fingerprint density at radius 2 is 1.96 bits per heavy atom. The standard InChI is InChI=1S/C16H17N3O4/c1-11-5-4-8-14(20)16(11)18-15(21)9-10-17-12-6-2-3-7-13(12)19(22)23/h2-8,17,20H,9-10H2,1H3,(H,18,21). The van der Waals surface area contributed by atoms with Gasteiger partial charge in [0.25, 0.3) is 5.69 Å². The van der Waals surface area contributed by atoms with Crippen molar-refractivity contribution in [3.63, 3.8) is 0 Å². The van der Waals surface area contributed by atoms with Crippen molar-refractivity contribution in [3.05, 3.63) is 58.1 Å². The van der Waals surface area contributed by atoms with Gasteiger partial charge in [0, 0.05) is 19.0 Å². The molecule has 0 aliphatic rings. The van der Waals surface area contributed by atoms with Gasteiger partial charge in [-0.15, -0.1) is 0 Å². The van der Waals surface area contributed by atoms with Crippen LogP contribution < -0.4 is 10.6 Å². The van der Waals surface area contributed by atoms with Crippen LogP contribution in [0.3, 0.4) is 0 Å². The van der Waals surface area contributed by atoms with Crippen LogP contribution in [0.2, 0.25) is 0 Å². The summed E-state index contributed by atoms with van der Waals surface area (Å²) in [5.74, 6) is -0.286. The SMILES string of the molecule is Cc1cccc(O)c1NC(=O)CCNc1ccccc1[N+](=O)[O-]. The number of phenolic OH excluding ortho intramolecular Hbond substituents is 1. The normalized spacial score (nSPS) is 10.1. The van der Waals surface area contributed by atoms with Crippen LogP contribution >= 0.6 is 0 Å². The molecule has 120 valence electrons. The molecule has 0 heterocycles. The molecule has 0 saturated heterocycles. The van der Waals surface area contributed by atoms with E-state index in [1.54, 1.807) is 37.3 Å². The third-order valence-corrected chi connectivity index (χ3v) is 3.28. The average molecular weight is 315 g/mol. The number of para-hydroxylation sites is 3. The zero-order valence-electron chi connectivity index (χ0n) is 12.6. The molecule has 23 heavy (non-hydrogen) atoms. The molecule has 0 atom stereocenters. The Kier molecular flexibility index (Phi) is 5.14. The van der Waals surface area contributed by atoms with E-state index in [9.17, 15) is 20.0 Å². The monoisotopic (exact) mass is 315 g/mol. The van der Waals surface area contributed by atoms with Gasteiger partial charge in [0.05, 0.1) is 10.6 Å². The minimum atomic E-state index is -0.478. The van der Waals surface area contributed by atoms with Crippen molar-refractivity contribution >= 4 is 23.0 Å². The molecule has 2 rings (SSSR count). The highest BCUT2D eigenvalue weighted by Crippen LogP contribution is 2.26. The number of phenols is 1. The van der Waals surface area contributed by atoms with Crippen LogP contribution in [-0.2, 0) is 4.79 Å². The van der Waals surface area contributed by atoms with E-state index >= 15 is 0 Å². The number of benzene rings is 2. The zero-order valence-corrected chi connectivity index (χ0v) is 12.6. The third kappa shape index (κ3) is 4.19. The summed E-state index contributed by atoms with van der Waals surface area (Å²) in [6, 6.07) is 11.2. The summed E-state index contributed by atoms with van der Waals surface area (Å²) in [7, 11) is 0. The second kappa shape index (κ2) is 7.26. The first kappa shape index (κ1) is 16.3. The molecule has 2 aromatic carbocycles. The second-order valence-electron chi connectivity index (χ2n) is 4.97. The van der Waals surface area contributed by atoms with Gasteiger partial charge < -0.3 is 15.7 Å². The van der Waals surface area contributed by atoms with Crippen molar-refractivity contribution in [1.29, 1.82) is 0 Å². The zero-order chi connectivity index (χ0) is 16.8. The Morgan fingerprint density at radius 3 is 2.65 bits per heavy atom. The number of amides is 1. The number of aromatic hydroxyl groups is 1. The molecule has 0 bridgehead atoms. The van der Waals surface area contributed by atoms with Gasteiger partial charge in [-0.1, -0.05) is 24.3 Å². The Labute approximate surface area is 133 Å². The molecule has 2 aromatic rings. The maximum Gasteiger partial charge on any atom is 0.292 e. The minimum Gasteiger partial charge on any atom is -0.506 e. The molecule has 0 aromatic heterocycles. The van der Waals surface area contributed by atoms with E-state index in [4.69, 9.17) is 0 Å². The summed E-state index contributed by atoms with van der Waals surface area (Å²) < 4.78 is 0. The van der Waals surface area contributed by atoms with Crippen molar-refractivity contribution in [2.75, 3.05) is 17.2 Å². The molecule has 0 saturated carbocycles. The minimum absolute atomic E-state index is 0.00464. The summed E-state index contributed by atoms with van der Waals surface area (Å²) in [4.78, 5) is 22.3. The lowest BCUT2D eigenvalue weighted by Crippen LogP contribution is -2.17. The van der Waals surface area contributed by atoms with Gasteiger partial charge in [-0.25, -0.2) is 0 Å². The number of hydrogen-bond acceptors (Lipinski definition) is 5. The van der Waals surface area contributed by atoms with Crippen LogP contribution in [0.1, 0.15) is 12.0 Å². The first-order valence-corrected chi connectivity index (χ1v) is 7.04. The fraction of sp³-hybridized carbons (Fsp3) is 0.188. The van der Waals surface area contributed by atoms with Gasteiger partial charge in [-0.05, 0) is 24.6 Å². The first-order chi connectivity index (χ1) is 11.0. The predicted molar refractivity (Wildman–Crippen MR) is 87.7 cm³/mol. The van der Waals surface area contributed by atoms with E-state index < -0.39 is 4.92 Å². The number of anilines is 2. The maximum absolute atomic E-state index is 11.9. The summed E-state index contributed by atoms with van der Waals surface area (Å²) in [5.41, 5.74) is 1.46. The smallest absolute Gasteiger partial charge is 0.292 e. The summed E-state index contributed by atoms with van der Waals surface area (Å²) >= 11 is 0. The molecule has 0 aliphatic carbocycles. The van der Waals surface area contributed by atoms with E-state index in [1.807, 2.05) is 0 Å². The van der Waals surface area contributed by atoms with Crippen LogP contribution in [0.4, 0.5) is 17.1 Å². The van der Waals surface area contributed by atoms with Gasteiger partial charge in [0.2, 0.25) is 5.91 Å². The van der Waals surface area contributed by atoms with E-state index in [-0.39, 0.29) is 30.3 Å². The molecule has 1 amide bonds. The first-order valence-electron chi connectivity index (χ1n) is 7.04. The number of aryl methyl sites for hydroxylation is 1. The van der Waals surface area contributed by atoms with Crippen LogP contribution in [0.5, 0.6) is 5.75 Å². The van der Waals surface area contributed by atoms with Crippen molar-refractivity contribution in [2.45, 2.75) is 13.3 Å². The Morgan fingerprint density at radius 1 is 1.22 bits per heavy atom. The number of hydrogen-bond donors (Lipinski definition) is 3. The van der Waals surface area contributed by atoms with Crippen molar-refractivity contribution in [2.24, 2.45) is 0 Å². The third-order valence-electron chi connectivity index (χ3n) is 3.28. The molecule has 3 N–H and O–H groups in total.